The van der Waals surface area contributed by atoms with Crippen LogP contribution in [0.15, 0.2) is 60.7 Å². The van der Waals surface area contributed by atoms with E-state index in [0.717, 1.165) is 11.1 Å². The van der Waals surface area contributed by atoms with Crippen molar-refractivity contribution in [1.82, 2.24) is 5.32 Å². The molecule has 6 nitrogen and oxygen atoms in total. The number of aliphatic hydroxyl groups excluding tert-OH is 1. The molecule has 2 aromatic rings. The van der Waals surface area contributed by atoms with Crippen LogP contribution in [0, 0.1) is 0 Å². The molecule has 0 saturated carbocycles. The first-order valence-corrected chi connectivity index (χ1v) is 9.22. The minimum Gasteiger partial charge on any atom is -0.388 e. The zero-order chi connectivity index (χ0) is 18.6. The fourth-order valence-electron chi connectivity index (χ4n) is 3.62. The summed E-state index contributed by atoms with van der Waals surface area (Å²) in [5, 5.41) is 14.4. The van der Waals surface area contributed by atoms with Crippen LogP contribution in [-0.4, -0.2) is 49.5 Å². The monoisotopic (exact) mass is 371 g/mol. The van der Waals surface area contributed by atoms with Crippen molar-refractivity contribution in [2.75, 3.05) is 13.7 Å². The molecule has 0 spiro atoms. The number of methoxy groups -OCH3 is 1. The number of aliphatic hydroxyl groups is 1. The van der Waals surface area contributed by atoms with E-state index in [4.69, 9.17) is 18.9 Å². The molecule has 0 radical (unpaired) electrons. The van der Waals surface area contributed by atoms with Gasteiger partial charge in [-0.15, -0.1) is 0 Å². The Morgan fingerprint density at radius 1 is 1.04 bits per heavy atom. The lowest BCUT2D eigenvalue weighted by molar-refractivity contribution is -0.341. The van der Waals surface area contributed by atoms with E-state index in [1.54, 1.807) is 7.11 Å². The van der Waals surface area contributed by atoms with Crippen LogP contribution in [0.5, 0.6) is 0 Å². The predicted octanol–water partition coefficient (Wildman–Crippen LogP) is 1.99. The van der Waals surface area contributed by atoms with Gasteiger partial charge in [-0.25, -0.2) is 0 Å². The lowest BCUT2D eigenvalue weighted by Gasteiger charge is -2.47. The van der Waals surface area contributed by atoms with Gasteiger partial charge in [0.05, 0.1) is 12.6 Å². The molecule has 2 aromatic carbocycles. The molecule has 2 aliphatic heterocycles. The molecule has 0 unspecified atom stereocenters. The van der Waals surface area contributed by atoms with Crippen molar-refractivity contribution < 1.29 is 24.1 Å². The fraction of sp³-hybridized carbons (Fsp3) is 0.429. The number of hydrogen-bond donors (Lipinski definition) is 2. The standard InChI is InChI=1S/C21H25NO5/c1-24-21-17(22-12-14-8-4-2-5-9-14)18(23)19-16(26-21)13-25-20(27-19)15-10-6-3-7-11-15/h2-11,16-23H,12-13H2,1H3/t16-,17-,18-,19-,20-,21+/m1/s1. The molecule has 0 amide bonds. The smallest absolute Gasteiger partial charge is 0.184 e. The first-order chi connectivity index (χ1) is 13.3. The number of nitrogens with one attached hydrogen (secondary N) is 1. The summed E-state index contributed by atoms with van der Waals surface area (Å²) in [6, 6.07) is 19.3. The Hall–Kier alpha value is -1.80. The summed E-state index contributed by atoms with van der Waals surface area (Å²) < 4.78 is 23.3. The number of fused-ring (bicyclic) bond motifs is 1. The highest BCUT2D eigenvalue weighted by atomic mass is 16.7. The lowest BCUT2D eigenvalue weighted by Crippen LogP contribution is -2.65. The topological polar surface area (TPSA) is 69.2 Å². The maximum absolute atomic E-state index is 11.0. The molecule has 144 valence electrons. The van der Waals surface area contributed by atoms with Crippen LogP contribution in [0.25, 0.3) is 0 Å². The lowest BCUT2D eigenvalue weighted by atomic mass is 9.95. The number of rotatable bonds is 5. The highest BCUT2D eigenvalue weighted by Gasteiger charge is 2.49. The summed E-state index contributed by atoms with van der Waals surface area (Å²) in [6.45, 7) is 0.939. The van der Waals surface area contributed by atoms with Crippen LogP contribution in [0.2, 0.25) is 0 Å². The molecule has 2 N–H and O–H groups in total. The third-order valence-electron chi connectivity index (χ3n) is 5.05. The molecule has 2 aliphatic rings. The fourth-order valence-corrected chi connectivity index (χ4v) is 3.62. The van der Waals surface area contributed by atoms with Crippen molar-refractivity contribution in [3.8, 4) is 0 Å². The van der Waals surface area contributed by atoms with Crippen molar-refractivity contribution in [2.24, 2.45) is 0 Å². The number of ether oxygens (including phenoxy) is 4. The molecule has 0 aromatic heterocycles. The molecular formula is C21H25NO5. The molecule has 4 rings (SSSR count). The Kier molecular flexibility index (Phi) is 5.83. The van der Waals surface area contributed by atoms with Gasteiger partial charge in [0.15, 0.2) is 12.6 Å². The second-order valence-corrected chi connectivity index (χ2v) is 6.84. The van der Waals surface area contributed by atoms with Crippen LogP contribution in [-0.2, 0) is 25.5 Å². The van der Waals surface area contributed by atoms with Crippen LogP contribution < -0.4 is 5.32 Å². The highest BCUT2D eigenvalue weighted by molar-refractivity contribution is 5.17. The van der Waals surface area contributed by atoms with E-state index in [-0.39, 0.29) is 6.10 Å². The van der Waals surface area contributed by atoms with Crippen molar-refractivity contribution >= 4 is 0 Å². The predicted molar refractivity (Wildman–Crippen MR) is 98.8 cm³/mol. The van der Waals surface area contributed by atoms with Gasteiger partial charge in [0, 0.05) is 19.2 Å². The first-order valence-electron chi connectivity index (χ1n) is 9.22. The van der Waals surface area contributed by atoms with E-state index in [9.17, 15) is 5.11 Å². The van der Waals surface area contributed by atoms with Gasteiger partial charge < -0.3 is 29.4 Å². The summed E-state index contributed by atoms with van der Waals surface area (Å²) in [5.74, 6) is 0. The Morgan fingerprint density at radius 2 is 1.74 bits per heavy atom. The largest absolute Gasteiger partial charge is 0.388 e. The van der Waals surface area contributed by atoms with Crippen molar-refractivity contribution in [1.29, 1.82) is 0 Å². The molecule has 2 fully saturated rings. The quantitative estimate of drug-likeness (QED) is 0.838. The molecule has 27 heavy (non-hydrogen) atoms. The summed E-state index contributed by atoms with van der Waals surface area (Å²) in [4.78, 5) is 0. The van der Waals surface area contributed by atoms with Gasteiger partial charge in [-0.05, 0) is 5.56 Å². The Bertz CT molecular complexity index is 707. The van der Waals surface area contributed by atoms with E-state index >= 15 is 0 Å². The van der Waals surface area contributed by atoms with Gasteiger partial charge in [-0.2, -0.15) is 0 Å². The maximum atomic E-state index is 11.0. The van der Waals surface area contributed by atoms with E-state index in [2.05, 4.69) is 5.32 Å². The minimum absolute atomic E-state index is 0.340. The first kappa shape index (κ1) is 18.6. The van der Waals surface area contributed by atoms with Crippen molar-refractivity contribution in [3.05, 3.63) is 71.8 Å². The minimum atomic E-state index is -0.785. The zero-order valence-electron chi connectivity index (χ0n) is 15.2. The third-order valence-corrected chi connectivity index (χ3v) is 5.05. The highest BCUT2D eigenvalue weighted by Crippen LogP contribution is 2.34. The van der Waals surface area contributed by atoms with Crippen LogP contribution in [0.4, 0.5) is 0 Å². The zero-order valence-corrected chi connectivity index (χ0v) is 15.2. The molecule has 2 saturated heterocycles. The van der Waals surface area contributed by atoms with Gasteiger partial charge in [-0.3, -0.25) is 0 Å². The van der Waals surface area contributed by atoms with E-state index < -0.39 is 30.8 Å². The third kappa shape index (κ3) is 4.06. The Morgan fingerprint density at radius 3 is 2.44 bits per heavy atom. The van der Waals surface area contributed by atoms with Crippen LogP contribution in [0.1, 0.15) is 17.4 Å². The maximum Gasteiger partial charge on any atom is 0.184 e. The molecule has 6 atom stereocenters. The second kappa shape index (κ2) is 8.48. The van der Waals surface area contributed by atoms with E-state index in [1.165, 1.54) is 0 Å². The summed E-state index contributed by atoms with van der Waals surface area (Å²) in [5.41, 5.74) is 2.04. The summed E-state index contributed by atoms with van der Waals surface area (Å²) in [6.07, 6.45) is -2.75. The molecular weight excluding hydrogens is 346 g/mol. The summed E-state index contributed by atoms with van der Waals surface area (Å²) >= 11 is 0. The number of hydrogen-bond acceptors (Lipinski definition) is 6. The van der Waals surface area contributed by atoms with Crippen LogP contribution in [0.3, 0.4) is 0 Å². The van der Waals surface area contributed by atoms with Gasteiger partial charge in [-0.1, -0.05) is 60.7 Å². The van der Waals surface area contributed by atoms with Gasteiger partial charge in [0.2, 0.25) is 0 Å². The normalized spacial score (nSPS) is 33.4. The van der Waals surface area contributed by atoms with Crippen molar-refractivity contribution in [3.63, 3.8) is 0 Å². The molecule has 0 bridgehead atoms. The van der Waals surface area contributed by atoms with Crippen LogP contribution >= 0.6 is 0 Å². The van der Waals surface area contributed by atoms with Crippen molar-refractivity contribution in [2.45, 2.75) is 43.5 Å². The molecule has 0 aliphatic carbocycles. The van der Waals surface area contributed by atoms with Gasteiger partial charge in [0.25, 0.3) is 0 Å². The summed E-state index contributed by atoms with van der Waals surface area (Å²) in [7, 11) is 1.58. The average molecular weight is 371 g/mol. The molecule has 2 heterocycles. The number of benzene rings is 2. The average Bonchev–Trinajstić information content (AvgIpc) is 2.74. The van der Waals surface area contributed by atoms with Gasteiger partial charge >= 0.3 is 0 Å². The van der Waals surface area contributed by atoms with E-state index in [0.29, 0.717) is 13.2 Å². The Labute approximate surface area is 159 Å². The van der Waals surface area contributed by atoms with Gasteiger partial charge in [0.1, 0.15) is 18.3 Å². The SMILES string of the molecule is CO[C@H]1O[C@@H]2CO[C@@H](c3ccccc3)O[C@H]2[C@H](O)[C@H]1NCc1ccccc1. The Balaban J connectivity index is 1.46. The molecule has 6 heteroatoms. The van der Waals surface area contributed by atoms with E-state index in [1.807, 2.05) is 60.7 Å². The second-order valence-electron chi connectivity index (χ2n) is 6.84.